The van der Waals surface area contributed by atoms with Crippen LogP contribution in [-0.4, -0.2) is 31.1 Å². The zero-order valence-corrected chi connectivity index (χ0v) is 9.81. The quantitative estimate of drug-likeness (QED) is 0.735. The molecule has 1 atom stereocenters. The molecule has 0 aromatic heterocycles. The normalized spacial score (nSPS) is 21.9. The summed E-state index contributed by atoms with van der Waals surface area (Å²) >= 11 is 0. The predicted octanol–water partition coefficient (Wildman–Crippen LogP) is 1.36. The Morgan fingerprint density at radius 1 is 1.43 bits per heavy atom. The maximum atomic E-state index is 10.9. The molecule has 1 aliphatic carbocycles. The molecule has 0 aromatic rings. The van der Waals surface area contributed by atoms with E-state index in [0.29, 0.717) is 18.8 Å². The van der Waals surface area contributed by atoms with E-state index in [0.717, 1.165) is 6.42 Å². The molecule has 0 bridgehead atoms. The van der Waals surface area contributed by atoms with Gasteiger partial charge in [0.15, 0.2) is 0 Å². The van der Waals surface area contributed by atoms with Crippen LogP contribution in [-0.2, 0) is 9.84 Å². The van der Waals surface area contributed by atoms with Crippen molar-refractivity contribution in [2.45, 2.75) is 44.6 Å². The summed E-state index contributed by atoms with van der Waals surface area (Å²) < 4.78 is 21.7. The Morgan fingerprint density at radius 2 is 2.00 bits per heavy atom. The molecule has 1 N–H and O–H groups in total. The molecule has 14 heavy (non-hydrogen) atoms. The van der Waals surface area contributed by atoms with E-state index in [-0.39, 0.29) is 5.75 Å². The fourth-order valence-electron chi connectivity index (χ4n) is 1.76. The van der Waals surface area contributed by atoms with E-state index in [1.165, 1.54) is 19.1 Å². The molecule has 84 valence electrons. The third-order valence-electron chi connectivity index (χ3n) is 2.66. The average Bonchev–Trinajstić information content (AvgIpc) is 2.66. The Labute approximate surface area is 86.4 Å². The lowest BCUT2D eigenvalue weighted by Gasteiger charge is -2.22. The van der Waals surface area contributed by atoms with E-state index in [9.17, 15) is 13.5 Å². The van der Waals surface area contributed by atoms with Gasteiger partial charge in [0.2, 0.25) is 0 Å². The third-order valence-corrected chi connectivity index (χ3v) is 3.69. The van der Waals surface area contributed by atoms with Gasteiger partial charge in [0, 0.05) is 12.0 Å². The summed E-state index contributed by atoms with van der Waals surface area (Å²) in [5.41, 5.74) is -0.661. The lowest BCUT2D eigenvalue weighted by Crippen LogP contribution is -2.25. The van der Waals surface area contributed by atoms with E-state index < -0.39 is 15.4 Å². The molecule has 0 aromatic carbocycles. The van der Waals surface area contributed by atoms with Gasteiger partial charge in [-0.15, -0.1) is 0 Å². The number of hydrogen-bond donors (Lipinski definition) is 1. The summed E-state index contributed by atoms with van der Waals surface area (Å²) in [6.07, 6.45) is 5.68. The standard InChI is InChI=1S/C10H20O3S/c1-10(11,8-9-4-5-9)6-3-7-14(2,12)13/h9,11H,3-8H2,1-2H3. The summed E-state index contributed by atoms with van der Waals surface area (Å²) in [7, 11) is -2.87. The van der Waals surface area contributed by atoms with Crippen LogP contribution in [0.4, 0.5) is 0 Å². The Balaban J connectivity index is 2.21. The number of sulfone groups is 1. The van der Waals surface area contributed by atoms with Crippen molar-refractivity contribution in [3.63, 3.8) is 0 Å². The van der Waals surface area contributed by atoms with Gasteiger partial charge < -0.3 is 5.11 Å². The number of aliphatic hydroxyl groups is 1. The lowest BCUT2D eigenvalue weighted by atomic mass is 9.94. The Bertz CT molecular complexity index is 276. The first kappa shape index (κ1) is 12.0. The molecule has 1 saturated carbocycles. The maximum Gasteiger partial charge on any atom is 0.147 e. The van der Waals surface area contributed by atoms with Gasteiger partial charge in [0.1, 0.15) is 9.84 Å². The van der Waals surface area contributed by atoms with Gasteiger partial charge in [-0.1, -0.05) is 12.8 Å². The topological polar surface area (TPSA) is 54.4 Å². The molecule has 1 rings (SSSR count). The monoisotopic (exact) mass is 220 g/mol. The van der Waals surface area contributed by atoms with Gasteiger partial charge in [-0.05, 0) is 32.1 Å². The van der Waals surface area contributed by atoms with Gasteiger partial charge in [0.25, 0.3) is 0 Å². The second-order valence-corrected chi connectivity index (χ2v) is 7.14. The van der Waals surface area contributed by atoms with Gasteiger partial charge >= 0.3 is 0 Å². The van der Waals surface area contributed by atoms with Crippen molar-refractivity contribution < 1.29 is 13.5 Å². The van der Waals surface area contributed by atoms with Crippen LogP contribution in [0, 0.1) is 5.92 Å². The van der Waals surface area contributed by atoms with Crippen LogP contribution >= 0.6 is 0 Å². The van der Waals surface area contributed by atoms with Crippen molar-refractivity contribution in [2.24, 2.45) is 5.92 Å². The molecule has 0 radical (unpaired) electrons. The molecule has 0 aliphatic heterocycles. The highest BCUT2D eigenvalue weighted by molar-refractivity contribution is 7.90. The predicted molar refractivity (Wildman–Crippen MR) is 56.9 cm³/mol. The second-order valence-electron chi connectivity index (χ2n) is 4.88. The first-order chi connectivity index (χ1) is 6.29. The minimum atomic E-state index is -2.87. The summed E-state index contributed by atoms with van der Waals surface area (Å²) in [5, 5.41) is 9.93. The lowest BCUT2D eigenvalue weighted by molar-refractivity contribution is 0.0359. The maximum absolute atomic E-state index is 10.9. The van der Waals surface area contributed by atoms with E-state index in [1.807, 2.05) is 6.92 Å². The molecule has 3 nitrogen and oxygen atoms in total. The van der Waals surface area contributed by atoms with Gasteiger partial charge in [-0.3, -0.25) is 0 Å². The summed E-state index contributed by atoms with van der Waals surface area (Å²) in [4.78, 5) is 0. The number of rotatable bonds is 6. The molecule has 1 aliphatic rings. The fraction of sp³-hybridized carbons (Fsp3) is 1.00. The van der Waals surface area contributed by atoms with Crippen LogP contribution in [0.3, 0.4) is 0 Å². The van der Waals surface area contributed by atoms with Crippen molar-refractivity contribution in [3.8, 4) is 0 Å². The third kappa shape index (κ3) is 5.60. The summed E-state index contributed by atoms with van der Waals surface area (Å²) in [6.45, 7) is 1.81. The van der Waals surface area contributed by atoms with Crippen LogP contribution < -0.4 is 0 Å². The second kappa shape index (κ2) is 4.19. The Kier molecular flexibility index (Phi) is 3.58. The molecule has 4 heteroatoms. The van der Waals surface area contributed by atoms with E-state index >= 15 is 0 Å². The van der Waals surface area contributed by atoms with Gasteiger partial charge in [-0.25, -0.2) is 8.42 Å². The van der Waals surface area contributed by atoms with Gasteiger partial charge in [-0.2, -0.15) is 0 Å². The molecule has 0 spiro atoms. The van der Waals surface area contributed by atoms with Crippen molar-refractivity contribution in [3.05, 3.63) is 0 Å². The first-order valence-electron chi connectivity index (χ1n) is 5.19. The minimum absolute atomic E-state index is 0.188. The molecule has 0 heterocycles. The summed E-state index contributed by atoms with van der Waals surface area (Å²) in [6, 6.07) is 0. The highest BCUT2D eigenvalue weighted by Gasteiger charge is 2.31. The average molecular weight is 220 g/mol. The van der Waals surface area contributed by atoms with Crippen LogP contribution in [0.5, 0.6) is 0 Å². The first-order valence-corrected chi connectivity index (χ1v) is 7.25. The smallest absolute Gasteiger partial charge is 0.147 e. The van der Waals surface area contributed by atoms with Crippen molar-refractivity contribution in [1.82, 2.24) is 0 Å². The van der Waals surface area contributed by atoms with E-state index in [1.54, 1.807) is 0 Å². The summed E-state index contributed by atoms with van der Waals surface area (Å²) in [5.74, 6) is 0.872. The minimum Gasteiger partial charge on any atom is -0.390 e. The SMILES string of the molecule is CC(O)(CCCS(C)(=O)=O)CC1CC1. The zero-order chi connectivity index (χ0) is 10.8. The number of hydrogen-bond acceptors (Lipinski definition) is 3. The van der Waals surface area contributed by atoms with Crippen molar-refractivity contribution in [1.29, 1.82) is 0 Å². The highest BCUT2D eigenvalue weighted by Crippen LogP contribution is 2.38. The van der Waals surface area contributed by atoms with Crippen molar-refractivity contribution >= 4 is 9.84 Å². The van der Waals surface area contributed by atoms with Crippen LogP contribution in [0.2, 0.25) is 0 Å². The Morgan fingerprint density at radius 3 is 2.43 bits per heavy atom. The molecule has 1 unspecified atom stereocenters. The van der Waals surface area contributed by atoms with Crippen LogP contribution in [0.1, 0.15) is 39.0 Å². The van der Waals surface area contributed by atoms with E-state index in [2.05, 4.69) is 0 Å². The van der Waals surface area contributed by atoms with Crippen molar-refractivity contribution in [2.75, 3.05) is 12.0 Å². The molecule has 0 saturated heterocycles. The fourth-order valence-corrected chi connectivity index (χ4v) is 2.43. The highest BCUT2D eigenvalue weighted by atomic mass is 32.2. The molecular formula is C10H20O3S. The molecule has 0 amide bonds. The molecular weight excluding hydrogens is 200 g/mol. The molecule has 1 fully saturated rings. The Hall–Kier alpha value is -0.0900. The van der Waals surface area contributed by atoms with Crippen LogP contribution in [0.15, 0.2) is 0 Å². The zero-order valence-electron chi connectivity index (χ0n) is 8.99. The van der Waals surface area contributed by atoms with Gasteiger partial charge in [0.05, 0.1) is 5.60 Å². The largest absolute Gasteiger partial charge is 0.390 e. The van der Waals surface area contributed by atoms with Crippen LogP contribution in [0.25, 0.3) is 0 Å². The van der Waals surface area contributed by atoms with E-state index in [4.69, 9.17) is 0 Å².